The van der Waals surface area contributed by atoms with Crippen molar-refractivity contribution >= 4 is 49.5 Å². The molecule has 0 fully saturated rings. The van der Waals surface area contributed by atoms with Crippen LogP contribution < -0.4 is 4.72 Å². The molecule has 0 radical (unpaired) electrons. The van der Waals surface area contributed by atoms with Gasteiger partial charge in [-0.15, -0.1) is 0 Å². The normalized spacial score (nSPS) is 15.9. The van der Waals surface area contributed by atoms with Gasteiger partial charge in [0.25, 0.3) is 10.0 Å². The monoisotopic (exact) mass is 368 g/mol. The number of hydrogen-bond acceptors (Lipinski definition) is 4. The predicted molar refractivity (Wildman–Crippen MR) is 74.2 cm³/mol. The molecule has 16 heavy (non-hydrogen) atoms. The molecule has 0 amide bonds. The van der Waals surface area contributed by atoms with E-state index in [0.717, 1.165) is 9.32 Å². The van der Waals surface area contributed by atoms with Crippen molar-refractivity contribution in [2.75, 3.05) is 12.3 Å². The van der Waals surface area contributed by atoms with Crippen LogP contribution >= 0.6 is 34.4 Å². The Bertz CT molecular complexity index is 511. The molecule has 7 heteroatoms. The minimum Gasteiger partial charge on any atom is -0.261 e. The van der Waals surface area contributed by atoms with Gasteiger partial charge < -0.3 is 0 Å². The van der Waals surface area contributed by atoms with Gasteiger partial charge in [0.1, 0.15) is 0 Å². The van der Waals surface area contributed by atoms with Gasteiger partial charge in [0.2, 0.25) is 0 Å². The first kappa shape index (κ1) is 12.2. The molecular formula is C9H9IN2O2S2. The highest BCUT2D eigenvalue weighted by atomic mass is 127. The number of benzene rings is 1. The number of thioether (sulfide) groups is 1. The van der Waals surface area contributed by atoms with E-state index in [1.807, 2.05) is 0 Å². The second kappa shape index (κ2) is 4.92. The minimum absolute atomic E-state index is 0.267. The molecule has 0 saturated carbocycles. The molecule has 4 nitrogen and oxygen atoms in total. The van der Waals surface area contributed by atoms with Crippen LogP contribution in [0.15, 0.2) is 34.2 Å². The molecule has 1 aromatic rings. The molecule has 1 aromatic carbocycles. The maximum Gasteiger partial charge on any atom is 0.263 e. The van der Waals surface area contributed by atoms with E-state index in [1.165, 1.54) is 11.8 Å². The van der Waals surface area contributed by atoms with Crippen molar-refractivity contribution in [2.45, 2.75) is 4.90 Å². The third-order valence-electron chi connectivity index (χ3n) is 1.93. The standard InChI is InChI=1S/C9H9IN2O2S2/c10-7-1-3-8(4-2-7)16(13,14)12-9-11-5-6-15-9/h1-4H,5-6H2,(H,11,12). The quantitative estimate of drug-likeness (QED) is 0.809. The Balaban J connectivity index is 2.21. The molecular weight excluding hydrogens is 359 g/mol. The van der Waals surface area contributed by atoms with Crippen molar-refractivity contribution in [3.8, 4) is 0 Å². The summed E-state index contributed by atoms with van der Waals surface area (Å²) in [6, 6.07) is 6.70. The van der Waals surface area contributed by atoms with E-state index in [1.54, 1.807) is 24.3 Å². The van der Waals surface area contributed by atoms with E-state index >= 15 is 0 Å². The lowest BCUT2D eigenvalue weighted by Crippen LogP contribution is -2.27. The summed E-state index contributed by atoms with van der Waals surface area (Å²) in [6.45, 7) is 0.676. The summed E-state index contributed by atoms with van der Waals surface area (Å²) in [5.74, 6) is 0.838. The van der Waals surface area contributed by atoms with Gasteiger partial charge in [-0.25, -0.2) is 8.42 Å². The van der Waals surface area contributed by atoms with Crippen LogP contribution in [0, 0.1) is 3.57 Å². The number of rotatable bonds is 2. The van der Waals surface area contributed by atoms with Crippen LogP contribution in [0.4, 0.5) is 0 Å². The molecule has 0 aromatic heterocycles. The zero-order valence-electron chi connectivity index (χ0n) is 8.18. The SMILES string of the molecule is O=S(=O)(NC1=NCCS1)c1ccc(I)cc1. The number of hydrogen-bond donors (Lipinski definition) is 1. The fourth-order valence-electron chi connectivity index (χ4n) is 1.18. The van der Waals surface area contributed by atoms with Gasteiger partial charge in [-0.2, -0.15) is 0 Å². The molecule has 2 rings (SSSR count). The van der Waals surface area contributed by atoms with Crippen molar-refractivity contribution in [1.82, 2.24) is 4.72 Å². The molecule has 1 aliphatic rings. The second-order valence-electron chi connectivity index (χ2n) is 3.09. The van der Waals surface area contributed by atoms with Gasteiger partial charge in [-0.1, -0.05) is 11.8 Å². The first-order chi connectivity index (χ1) is 7.58. The van der Waals surface area contributed by atoms with Gasteiger partial charge in [0.15, 0.2) is 5.17 Å². The first-order valence-corrected chi connectivity index (χ1v) is 8.08. The van der Waals surface area contributed by atoms with Gasteiger partial charge in [-0.05, 0) is 46.9 Å². The smallest absolute Gasteiger partial charge is 0.261 e. The Morgan fingerprint density at radius 3 is 2.56 bits per heavy atom. The molecule has 0 unspecified atom stereocenters. The van der Waals surface area contributed by atoms with Crippen molar-refractivity contribution in [3.63, 3.8) is 0 Å². The minimum atomic E-state index is -3.47. The Labute approximate surface area is 112 Å². The lowest BCUT2D eigenvalue weighted by atomic mass is 10.4. The van der Waals surface area contributed by atoms with Crippen LogP contribution in [0.1, 0.15) is 0 Å². The largest absolute Gasteiger partial charge is 0.263 e. The Morgan fingerprint density at radius 2 is 2.00 bits per heavy atom. The fraction of sp³-hybridized carbons (Fsp3) is 0.222. The topological polar surface area (TPSA) is 58.5 Å². The number of nitrogens with zero attached hydrogens (tertiary/aromatic N) is 1. The van der Waals surface area contributed by atoms with Gasteiger partial charge in [0, 0.05) is 9.32 Å². The number of sulfonamides is 1. The highest BCUT2D eigenvalue weighted by Crippen LogP contribution is 2.15. The summed E-state index contributed by atoms with van der Waals surface area (Å²) in [4.78, 5) is 4.32. The molecule has 1 heterocycles. The Hall–Kier alpha value is -0.280. The van der Waals surface area contributed by atoms with Crippen LogP contribution in [-0.4, -0.2) is 25.9 Å². The van der Waals surface area contributed by atoms with Crippen molar-refractivity contribution in [3.05, 3.63) is 27.8 Å². The lowest BCUT2D eigenvalue weighted by Gasteiger charge is -2.06. The molecule has 0 aliphatic carbocycles. The third-order valence-corrected chi connectivity index (χ3v) is 5.03. The summed E-state index contributed by atoms with van der Waals surface area (Å²) >= 11 is 3.56. The summed E-state index contributed by atoms with van der Waals surface area (Å²) in [7, 11) is -3.47. The van der Waals surface area contributed by atoms with Gasteiger partial charge in [0.05, 0.1) is 11.4 Å². The Kier molecular flexibility index (Phi) is 3.75. The van der Waals surface area contributed by atoms with E-state index in [0.29, 0.717) is 11.7 Å². The molecule has 86 valence electrons. The molecule has 1 N–H and O–H groups in total. The van der Waals surface area contributed by atoms with Crippen LogP contribution in [0.25, 0.3) is 0 Å². The highest BCUT2D eigenvalue weighted by molar-refractivity contribution is 14.1. The van der Waals surface area contributed by atoms with E-state index in [9.17, 15) is 8.42 Å². The van der Waals surface area contributed by atoms with E-state index < -0.39 is 10.0 Å². The number of halogens is 1. The van der Waals surface area contributed by atoms with Crippen LogP contribution in [0.5, 0.6) is 0 Å². The zero-order valence-corrected chi connectivity index (χ0v) is 12.0. The Morgan fingerprint density at radius 1 is 1.31 bits per heavy atom. The predicted octanol–water partition coefficient (Wildman–Crippen LogP) is 1.67. The average Bonchev–Trinajstić information content (AvgIpc) is 2.70. The first-order valence-electron chi connectivity index (χ1n) is 4.53. The average molecular weight is 368 g/mol. The summed E-state index contributed by atoms with van der Waals surface area (Å²) in [5, 5.41) is 0.485. The summed E-state index contributed by atoms with van der Waals surface area (Å²) < 4.78 is 27.3. The van der Waals surface area contributed by atoms with Crippen molar-refractivity contribution in [2.24, 2.45) is 4.99 Å². The highest BCUT2D eigenvalue weighted by Gasteiger charge is 2.18. The summed E-state index contributed by atoms with van der Waals surface area (Å²) in [6.07, 6.45) is 0. The number of nitrogens with one attached hydrogen (secondary N) is 1. The molecule has 0 spiro atoms. The van der Waals surface area contributed by atoms with Crippen LogP contribution in [0.3, 0.4) is 0 Å². The maximum absolute atomic E-state index is 11.9. The van der Waals surface area contributed by atoms with Crippen LogP contribution in [-0.2, 0) is 10.0 Å². The van der Waals surface area contributed by atoms with Crippen molar-refractivity contribution in [1.29, 1.82) is 0 Å². The van der Waals surface area contributed by atoms with Gasteiger partial charge >= 0.3 is 0 Å². The fourth-order valence-corrected chi connectivity index (χ4v) is 3.57. The molecule has 1 aliphatic heterocycles. The van der Waals surface area contributed by atoms with Gasteiger partial charge in [-0.3, -0.25) is 9.71 Å². The van der Waals surface area contributed by atoms with E-state index in [2.05, 4.69) is 32.3 Å². The lowest BCUT2D eigenvalue weighted by molar-refractivity contribution is 0.593. The van der Waals surface area contributed by atoms with Crippen LogP contribution in [0.2, 0.25) is 0 Å². The second-order valence-corrected chi connectivity index (χ2v) is 7.11. The zero-order chi connectivity index (χ0) is 11.6. The molecule has 0 bridgehead atoms. The number of aliphatic imine (C=N–C) groups is 1. The van der Waals surface area contributed by atoms with Crippen molar-refractivity contribution < 1.29 is 8.42 Å². The third kappa shape index (κ3) is 2.89. The molecule has 0 atom stereocenters. The summed E-state index contributed by atoms with van der Waals surface area (Å²) in [5.41, 5.74) is 0. The molecule has 0 saturated heterocycles. The van der Waals surface area contributed by atoms with E-state index in [4.69, 9.17) is 0 Å². The number of amidine groups is 1. The van der Waals surface area contributed by atoms with E-state index in [-0.39, 0.29) is 4.90 Å². The maximum atomic E-state index is 11.9.